The number of anilines is 1. The molecule has 2 rings (SSSR count). The lowest BCUT2D eigenvalue weighted by molar-refractivity contribution is 0.0280. The van der Waals surface area contributed by atoms with Crippen molar-refractivity contribution in [3.05, 3.63) is 23.9 Å². The number of hydrogen-bond donors (Lipinski definition) is 1. The van der Waals surface area contributed by atoms with Crippen LogP contribution >= 0.6 is 0 Å². The molecule has 88 valence electrons. The summed E-state index contributed by atoms with van der Waals surface area (Å²) in [5.74, 6) is 1.02. The van der Waals surface area contributed by atoms with Crippen molar-refractivity contribution in [2.75, 3.05) is 24.6 Å². The second-order valence-corrected chi connectivity index (χ2v) is 4.33. The Labute approximate surface area is 96.4 Å². The molecule has 0 radical (unpaired) electrons. The average Bonchev–Trinajstić information content (AvgIpc) is 2.30. The number of ether oxygens (including phenoxy) is 1. The van der Waals surface area contributed by atoms with Gasteiger partial charge in [-0.1, -0.05) is 6.07 Å². The van der Waals surface area contributed by atoms with Gasteiger partial charge in [0.25, 0.3) is 0 Å². The summed E-state index contributed by atoms with van der Waals surface area (Å²) in [4.78, 5) is 6.82. The lowest BCUT2D eigenvalue weighted by Gasteiger charge is -2.38. The number of pyridine rings is 1. The van der Waals surface area contributed by atoms with Crippen molar-refractivity contribution < 1.29 is 4.74 Å². The number of nitrogens with two attached hydrogens (primary N) is 1. The van der Waals surface area contributed by atoms with Gasteiger partial charge in [-0.05, 0) is 26.0 Å². The van der Waals surface area contributed by atoms with Crippen LogP contribution in [0.15, 0.2) is 18.2 Å². The molecule has 16 heavy (non-hydrogen) atoms. The van der Waals surface area contributed by atoms with Gasteiger partial charge in [-0.25, -0.2) is 4.98 Å². The smallest absolute Gasteiger partial charge is 0.129 e. The maximum Gasteiger partial charge on any atom is 0.129 e. The molecule has 0 bridgehead atoms. The fourth-order valence-corrected chi connectivity index (χ4v) is 1.97. The van der Waals surface area contributed by atoms with E-state index >= 15 is 0 Å². The summed E-state index contributed by atoms with van der Waals surface area (Å²) in [6.07, 6.45) is 0.124. The Bertz CT molecular complexity index is 356. The van der Waals surface area contributed by atoms with Crippen molar-refractivity contribution in [3.63, 3.8) is 0 Å². The van der Waals surface area contributed by atoms with E-state index in [4.69, 9.17) is 10.5 Å². The standard InChI is InChI=1S/C12H19N3O/c1-9-4-3-5-12(14-9)15-7-11(6-13)16-8-10(15)2/h3-5,10-11H,6-8,13H2,1-2H3. The molecule has 2 N–H and O–H groups in total. The van der Waals surface area contributed by atoms with Gasteiger partial charge in [0.1, 0.15) is 5.82 Å². The van der Waals surface area contributed by atoms with E-state index in [0.717, 1.165) is 24.7 Å². The van der Waals surface area contributed by atoms with E-state index in [-0.39, 0.29) is 6.10 Å². The molecule has 2 heterocycles. The number of nitrogens with zero attached hydrogens (tertiary/aromatic N) is 2. The molecule has 0 aliphatic carbocycles. The molecule has 0 amide bonds. The number of aromatic nitrogens is 1. The summed E-state index contributed by atoms with van der Waals surface area (Å²) in [6.45, 7) is 6.27. The van der Waals surface area contributed by atoms with E-state index in [2.05, 4.69) is 16.8 Å². The minimum atomic E-state index is 0.124. The van der Waals surface area contributed by atoms with Crippen LogP contribution in [0.25, 0.3) is 0 Å². The number of rotatable bonds is 2. The molecular formula is C12H19N3O. The molecule has 0 aromatic carbocycles. The van der Waals surface area contributed by atoms with Gasteiger partial charge in [0.15, 0.2) is 0 Å². The topological polar surface area (TPSA) is 51.4 Å². The first-order valence-corrected chi connectivity index (χ1v) is 5.72. The van der Waals surface area contributed by atoms with Gasteiger partial charge >= 0.3 is 0 Å². The molecule has 1 fully saturated rings. The third kappa shape index (κ3) is 2.33. The largest absolute Gasteiger partial charge is 0.373 e. The first-order valence-electron chi connectivity index (χ1n) is 5.72. The lowest BCUT2D eigenvalue weighted by Crippen LogP contribution is -2.51. The van der Waals surface area contributed by atoms with Crippen LogP contribution in [0.5, 0.6) is 0 Å². The van der Waals surface area contributed by atoms with Crippen LogP contribution in [0.1, 0.15) is 12.6 Å². The minimum absolute atomic E-state index is 0.124. The Morgan fingerprint density at radius 2 is 2.38 bits per heavy atom. The Balaban J connectivity index is 2.17. The van der Waals surface area contributed by atoms with Crippen molar-refractivity contribution in [3.8, 4) is 0 Å². The average molecular weight is 221 g/mol. The molecule has 1 aliphatic rings. The maximum atomic E-state index is 5.65. The Morgan fingerprint density at radius 1 is 1.56 bits per heavy atom. The predicted molar refractivity (Wildman–Crippen MR) is 64.6 cm³/mol. The summed E-state index contributed by atoms with van der Waals surface area (Å²) in [7, 11) is 0. The SMILES string of the molecule is Cc1cccc(N2CC(CN)OCC2C)n1. The fourth-order valence-electron chi connectivity index (χ4n) is 1.97. The molecule has 0 saturated carbocycles. The van der Waals surface area contributed by atoms with Crippen molar-refractivity contribution in [2.45, 2.75) is 26.0 Å². The van der Waals surface area contributed by atoms with E-state index in [1.54, 1.807) is 0 Å². The van der Waals surface area contributed by atoms with Crippen LogP contribution in [-0.2, 0) is 4.74 Å². The second kappa shape index (κ2) is 4.80. The van der Waals surface area contributed by atoms with Crippen molar-refractivity contribution >= 4 is 5.82 Å². The van der Waals surface area contributed by atoms with E-state index in [1.165, 1.54) is 0 Å². The molecule has 0 spiro atoms. The first-order chi connectivity index (χ1) is 7.70. The normalized spacial score (nSPS) is 25.8. The van der Waals surface area contributed by atoms with Gasteiger partial charge in [-0.15, -0.1) is 0 Å². The Hall–Kier alpha value is -1.13. The summed E-state index contributed by atoms with van der Waals surface area (Å²) < 4.78 is 5.63. The molecular weight excluding hydrogens is 202 g/mol. The minimum Gasteiger partial charge on any atom is -0.373 e. The number of morpholine rings is 1. The predicted octanol–water partition coefficient (Wildman–Crippen LogP) is 0.942. The van der Waals surface area contributed by atoms with Crippen molar-refractivity contribution in [1.29, 1.82) is 0 Å². The van der Waals surface area contributed by atoms with E-state index < -0.39 is 0 Å². The highest BCUT2D eigenvalue weighted by Gasteiger charge is 2.25. The zero-order chi connectivity index (χ0) is 11.5. The van der Waals surface area contributed by atoms with Crippen LogP contribution in [0, 0.1) is 6.92 Å². The molecule has 2 atom stereocenters. The van der Waals surface area contributed by atoms with Gasteiger partial charge < -0.3 is 15.4 Å². The number of hydrogen-bond acceptors (Lipinski definition) is 4. The van der Waals surface area contributed by atoms with Crippen LogP contribution < -0.4 is 10.6 Å². The Morgan fingerprint density at radius 3 is 3.06 bits per heavy atom. The van der Waals surface area contributed by atoms with Crippen molar-refractivity contribution in [1.82, 2.24) is 4.98 Å². The summed E-state index contributed by atoms with van der Waals surface area (Å²) in [6, 6.07) is 6.45. The van der Waals surface area contributed by atoms with Crippen LogP contribution in [0.2, 0.25) is 0 Å². The van der Waals surface area contributed by atoms with Gasteiger partial charge in [0, 0.05) is 18.8 Å². The summed E-state index contributed by atoms with van der Waals surface area (Å²) >= 11 is 0. The first kappa shape index (κ1) is 11.4. The highest BCUT2D eigenvalue weighted by molar-refractivity contribution is 5.41. The van der Waals surface area contributed by atoms with E-state index in [9.17, 15) is 0 Å². The summed E-state index contributed by atoms with van der Waals surface area (Å²) in [5, 5.41) is 0. The molecule has 1 aliphatic heterocycles. The maximum absolute atomic E-state index is 5.65. The molecule has 1 saturated heterocycles. The van der Waals surface area contributed by atoms with Crippen LogP contribution in [0.4, 0.5) is 5.82 Å². The zero-order valence-corrected chi connectivity index (χ0v) is 9.89. The van der Waals surface area contributed by atoms with Gasteiger partial charge in [-0.2, -0.15) is 0 Å². The molecule has 4 nitrogen and oxygen atoms in total. The van der Waals surface area contributed by atoms with Crippen LogP contribution in [0.3, 0.4) is 0 Å². The lowest BCUT2D eigenvalue weighted by atomic mass is 10.2. The molecule has 1 aromatic rings. The van der Waals surface area contributed by atoms with Gasteiger partial charge in [-0.3, -0.25) is 0 Å². The van der Waals surface area contributed by atoms with Crippen molar-refractivity contribution in [2.24, 2.45) is 5.73 Å². The molecule has 4 heteroatoms. The monoisotopic (exact) mass is 221 g/mol. The Kier molecular flexibility index (Phi) is 3.41. The van der Waals surface area contributed by atoms with Crippen LogP contribution in [-0.4, -0.2) is 36.8 Å². The highest BCUT2D eigenvalue weighted by atomic mass is 16.5. The number of aryl methyl sites for hydroxylation is 1. The second-order valence-electron chi connectivity index (χ2n) is 4.33. The van der Waals surface area contributed by atoms with Gasteiger partial charge in [0.2, 0.25) is 0 Å². The third-order valence-electron chi connectivity index (χ3n) is 2.94. The molecule has 2 unspecified atom stereocenters. The molecule has 1 aromatic heterocycles. The third-order valence-corrected chi connectivity index (χ3v) is 2.94. The van der Waals surface area contributed by atoms with E-state index in [1.807, 2.05) is 25.1 Å². The quantitative estimate of drug-likeness (QED) is 0.807. The summed E-state index contributed by atoms with van der Waals surface area (Å²) in [5.41, 5.74) is 6.69. The van der Waals surface area contributed by atoms with E-state index in [0.29, 0.717) is 12.6 Å². The highest BCUT2D eigenvalue weighted by Crippen LogP contribution is 2.19. The van der Waals surface area contributed by atoms with Gasteiger partial charge in [0.05, 0.1) is 18.8 Å². The fraction of sp³-hybridized carbons (Fsp3) is 0.583. The zero-order valence-electron chi connectivity index (χ0n) is 9.89.